The smallest absolute Gasteiger partial charge is 0.306 e. The van der Waals surface area contributed by atoms with Crippen LogP contribution in [0.4, 0.5) is 0 Å². The number of esters is 2. The molecule has 398 valence electrons. The fourth-order valence-corrected chi connectivity index (χ4v) is 7.70. The van der Waals surface area contributed by atoms with Crippen molar-refractivity contribution in [2.45, 2.75) is 258 Å². The van der Waals surface area contributed by atoms with Crippen molar-refractivity contribution in [3.63, 3.8) is 0 Å². The molecule has 5 nitrogen and oxygen atoms in total. The number of ether oxygens (including phenoxy) is 3. The van der Waals surface area contributed by atoms with Gasteiger partial charge in [-0.05, 0) is 128 Å². The average molecular weight is 970 g/mol. The zero-order valence-corrected chi connectivity index (χ0v) is 45.7. The van der Waals surface area contributed by atoms with E-state index in [1.54, 1.807) is 0 Å². The Morgan fingerprint density at radius 2 is 0.643 bits per heavy atom. The van der Waals surface area contributed by atoms with Gasteiger partial charge in [0.15, 0.2) is 6.10 Å². The molecular weight excluding hydrogens is 861 g/mol. The van der Waals surface area contributed by atoms with E-state index in [0.717, 1.165) is 128 Å². The van der Waals surface area contributed by atoms with E-state index in [9.17, 15) is 9.59 Å². The molecular formula is C65H108O5. The minimum atomic E-state index is -0.574. The van der Waals surface area contributed by atoms with Gasteiger partial charge in [-0.2, -0.15) is 0 Å². The summed E-state index contributed by atoms with van der Waals surface area (Å²) in [6.45, 7) is 7.53. The van der Waals surface area contributed by atoms with Crippen LogP contribution in [0.3, 0.4) is 0 Å². The third kappa shape index (κ3) is 56.9. The first-order valence-corrected chi connectivity index (χ1v) is 29.1. The maximum Gasteiger partial charge on any atom is 0.306 e. The SMILES string of the molecule is CC/C=C\C/C=C\C/C=C\C/C=C\C/C=C\CCCCCC(=O)OCC(COCCCCCCCCCC/C=C\CCCCCCCC)OC(=O)CCCCCC/C=C\C/C=C\C/C=C\C/C=C\CC. The van der Waals surface area contributed by atoms with Crippen LogP contribution in [-0.4, -0.2) is 37.9 Å². The van der Waals surface area contributed by atoms with Gasteiger partial charge in [0.05, 0.1) is 6.61 Å². The number of carbonyl (C=O) groups excluding carboxylic acids is 2. The normalized spacial score (nSPS) is 13.1. The first-order chi connectivity index (χ1) is 34.6. The summed E-state index contributed by atoms with van der Waals surface area (Å²) in [6, 6.07) is 0. The summed E-state index contributed by atoms with van der Waals surface area (Å²) in [5.74, 6) is -0.466. The zero-order chi connectivity index (χ0) is 50.6. The molecule has 0 aromatic heterocycles. The van der Waals surface area contributed by atoms with E-state index < -0.39 is 6.10 Å². The zero-order valence-electron chi connectivity index (χ0n) is 45.7. The van der Waals surface area contributed by atoms with Gasteiger partial charge < -0.3 is 14.2 Å². The molecule has 0 bridgehead atoms. The lowest BCUT2D eigenvalue weighted by atomic mass is 10.1. The molecule has 70 heavy (non-hydrogen) atoms. The molecule has 0 fully saturated rings. The van der Waals surface area contributed by atoms with Crippen molar-refractivity contribution in [3.05, 3.63) is 122 Å². The van der Waals surface area contributed by atoms with Crippen molar-refractivity contribution in [1.82, 2.24) is 0 Å². The first kappa shape index (κ1) is 66.3. The van der Waals surface area contributed by atoms with E-state index >= 15 is 0 Å². The summed E-state index contributed by atoms with van der Waals surface area (Å²) in [4.78, 5) is 25.5. The van der Waals surface area contributed by atoms with Crippen LogP contribution in [0, 0.1) is 0 Å². The van der Waals surface area contributed by atoms with Crippen molar-refractivity contribution in [1.29, 1.82) is 0 Å². The van der Waals surface area contributed by atoms with Crippen molar-refractivity contribution < 1.29 is 23.8 Å². The van der Waals surface area contributed by atoms with E-state index in [1.165, 1.54) is 89.9 Å². The van der Waals surface area contributed by atoms with Crippen LogP contribution in [0.2, 0.25) is 0 Å². The van der Waals surface area contributed by atoms with Gasteiger partial charge in [-0.1, -0.05) is 232 Å². The van der Waals surface area contributed by atoms with Crippen LogP contribution in [-0.2, 0) is 23.8 Å². The average Bonchev–Trinajstić information content (AvgIpc) is 3.36. The van der Waals surface area contributed by atoms with Crippen molar-refractivity contribution in [2.75, 3.05) is 19.8 Å². The number of rotatable bonds is 52. The van der Waals surface area contributed by atoms with Gasteiger partial charge in [-0.25, -0.2) is 0 Å². The number of hydrogen-bond donors (Lipinski definition) is 0. The number of carbonyl (C=O) groups is 2. The summed E-state index contributed by atoms with van der Waals surface area (Å²) >= 11 is 0. The van der Waals surface area contributed by atoms with E-state index in [-0.39, 0.29) is 25.2 Å². The quantitative estimate of drug-likeness (QED) is 0.0345. The Hall–Kier alpha value is -3.70. The maximum atomic E-state index is 12.9. The van der Waals surface area contributed by atoms with Crippen molar-refractivity contribution in [3.8, 4) is 0 Å². The fraction of sp³-hybridized carbons (Fsp3) is 0.662. The molecule has 0 spiro atoms. The van der Waals surface area contributed by atoms with Crippen LogP contribution in [0.1, 0.15) is 252 Å². The van der Waals surface area contributed by atoms with Gasteiger partial charge in [0.1, 0.15) is 6.61 Å². The van der Waals surface area contributed by atoms with Crippen molar-refractivity contribution >= 4 is 11.9 Å². The van der Waals surface area contributed by atoms with Crippen molar-refractivity contribution in [2.24, 2.45) is 0 Å². The number of unbranched alkanes of at least 4 members (excludes halogenated alkanes) is 21. The molecule has 0 saturated carbocycles. The third-order valence-corrected chi connectivity index (χ3v) is 12.0. The molecule has 0 aromatic carbocycles. The highest BCUT2D eigenvalue weighted by atomic mass is 16.6. The van der Waals surface area contributed by atoms with Crippen LogP contribution in [0.15, 0.2) is 122 Å². The lowest BCUT2D eigenvalue weighted by Gasteiger charge is -2.18. The Kier molecular flexibility index (Phi) is 56.5. The van der Waals surface area contributed by atoms with E-state index in [2.05, 4.69) is 142 Å². The molecule has 0 radical (unpaired) electrons. The highest BCUT2D eigenvalue weighted by Gasteiger charge is 2.17. The predicted octanol–water partition coefficient (Wildman–Crippen LogP) is 20.1. The minimum Gasteiger partial charge on any atom is -0.462 e. The molecule has 1 unspecified atom stereocenters. The Labute approximate surface area is 433 Å². The molecule has 0 saturated heterocycles. The van der Waals surface area contributed by atoms with Crippen LogP contribution >= 0.6 is 0 Å². The second-order valence-electron chi connectivity index (χ2n) is 18.8. The summed E-state index contributed by atoms with van der Waals surface area (Å²) in [5, 5.41) is 0. The van der Waals surface area contributed by atoms with Gasteiger partial charge in [0.2, 0.25) is 0 Å². The Morgan fingerprint density at radius 3 is 1.06 bits per heavy atom. The third-order valence-electron chi connectivity index (χ3n) is 12.0. The molecule has 5 heteroatoms. The Balaban J connectivity index is 4.41. The molecule has 0 amide bonds. The van der Waals surface area contributed by atoms with Gasteiger partial charge >= 0.3 is 11.9 Å². The summed E-state index contributed by atoms with van der Waals surface area (Å²) in [7, 11) is 0. The van der Waals surface area contributed by atoms with Crippen LogP contribution in [0.25, 0.3) is 0 Å². The maximum absolute atomic E-state index is 12.9. The van der Waals surface area contributed by atoms with E-state index in [1.807, 2.05) is 0 Å². The largest absolute Gasteiger partial charge is 0.462 e. The number of hydrogen-bond acceptors (Lipinski definition) is 5. The van der Waals surface area contributed by atoms with E-state index in [4.69, 9.17) is 14.2 Å². The monoisotopic (exact) mass is 969 g/mol. The fourth-order valence-electron chi connectivity index (χ4n) is 7.70. The van der Waals surface area contributed by atoms with E-state index in [0.29, 0.717) is 19.4 Å². The topological polar surface area (TPSA) is 61.8 Å². The second kappa shape index (κ2) is 59.6. The summed E-state index contributed by atoms with van der Waals surface area (Å²) in [5.41, 5.74) is 0. The van der Waals surface area contributed by atoms with Gasteiger partial charge in [0, 0.05) is 19.4 Å². The Bertz CT molecular complexity index is 1420. The number of allylic oxidation sites excluding steroid dienone is 20. The predicted molar refractivity (Wildman–Crippen MR) is 306 cm³/mol. The second-order valence-corrected chi connectivity index (χ2v) is 18.8. The first-order valence-electron chi connectivity index (χ1n) is 29.1. The van der Waals surface area contributed by atoms with Gasteiger partial charge in [0.25, 0.3) is 0 Å². The minimum absolute atomic E-state index is 0.0500. The lowest BCUT2D eigenvalue weighted by molar-refractivity contribution is -0.163. The molecule has 0 aliphatic rings. The standard InChI is InChI=1S/C65H108O5/c1-4-7-10-13-16-19-22-25-28-31-33-35-37-40-43-46-49-52-55-58-64(66)69-62-63(61-68-60-57-54-51-48-45-42-39-36-32-29-26-23-20-17-14-11-8-5-2)70-65(67)59-56-53-50-47-44-41-38-34-30-27-24-21-18-15-12-9-6-3/h7,9-10,12,16,18-19,21,25-30,33,35,38,40-41,43,63H,4-6,8,11,13-15,17,20,22-24,31-32,34,36-37,39,42,44-62H2,1-3H3/b10-7-,12-9-,19-16-,21-18-,28-25-,29-26-,30-27-,35-33-,41-38-,43-40-. The van der Waals surface area contributed by atoms with Gasteiger partial charge in [-0.15, -0.1) is 0 Å². The molecule has 0 heterocycles. The summed E-state index contributed by atoms with van der Waals surface area (Å²) in [6.07, 6.45) is 83.6. The molecule has 0 rings (SSSR count). The molecule has 0 aliphatic heterocycles. The highest BCUT2D eigenvalue weighted by Crippen LogP contribution is 2.13. The highest BCUT2D eigenvalue weighted by molar-refractivity contribution is 5.70. The Morgan fingerprint density at radius 1 is 0.329 bits per heavy atom. The molecule has 0 N–H and O–H groups in total. The molecule has 0 aromatic rings. The van der Waals surface area contributed by atoms with Crippen LogP contribution < -0.4 is 0 Å². The van der Waals surface area contributed by atoms with Crippen LogP contribution in [0.5, 0.6) is 0 Å². The molecule has 1 atom stereocenters. The van der Waals surface area contributed by atoms with Gasteiger partial charge in [-0.3, -0.25) is 9.59 Å². The molecule has 0 aliphatic carbocycles. The lowest BCUT2D eigenvalue weighted by Crippen LogP contribution is -2.30. The summed E-state index contributed by atoms with van der Waals surface area (Å²) < 4.78 is 17.4.